The number of hydrogen-bond donors (Lipinski definition) is 0. The highest BCUT2D eigenvalue weighted by molar-refractivity contribution is 7.99. The molecule has 0 radical (unpaired) electrons. The zero-order valence-electron chi connectivity index (χ0n) is 16.7. The lowest BCUT2D eigenvalue weighted by Gasteiger charge is -2.15. The average molecular weight is 439 g/mol. The first-order valence-corrected chi connectivity index (χ1v) is 10.9. The molecule has 3 aromatic rings. The van der Waals surface area contributed by atoms with Crippen molar-refractivity contribution in [2.45, 2.75) is 36.2 Å². The van der Waals surface area contributed by atoms with Gasteiger partial charge in [0.05, 0.1) is 5.41 Å². The summed E-state index contributed by atoms with van der Waals surface area (Å²) in [7, 11) is 0. The number of rotatable bonds is 10. The van der Waals surface area contributed by atoms with Crippen LogP contribution in [0.2, 0.25) is 5.02 Å². The summed E-state index contributed by atoms with van der Waals surface area (Å²) in [6.45, 7) is 2.16. The van der Waals surface area contributed by atoms with E-state index in [0.29, 0.717) is 37.0 Å². The molecule has 0 fully saturated rings. The van der Waals surface area contributed by atoms with E-state index in [1.165, 1.54) is 0 Å². The van der Waals surface area contributed by atoms with E-state index in [2.05, 4.69) is 0 Å². The Kier molecular flexibility index (Phi) is 7.72. The van der Waals surface area contributed by atoms with Crippen LogP contribution in [0.15, 0.2) is 82.6 Å². The molecule has 30 heavy (non-hydrogen) atoms. The minimum absolute atomic E-state index is 0.438. The van der Waals surface area contributed by atoms with Crippen LogP contribution in [-0.4, -0.2) is 12.6 Å². The number of halogens is 1. The molecular weight excluding hydrogens is 416 g/mol. The van der Waals surface area contributed by atoms with E-state index in [-0.39, 0.29) is 0 Å². The molecule has 0 aliphatic rings. The van der Waals surface area contributed by atoms with Gasteiger partial charge in [0.25, 0.3) is 0 Å². The van der Waals surface area contributed by atoms with Crippen LogP contribution in [0, 0.1) is 5.41 Å². The second-order valence-corrected chi connectivity index (χ2v) is 8.90. The molecule has 5 heteroatoms. The molecule has 0 aliphatic carbocycles. The lowest BCUT2D eigenvalue weighted by molar-refractivity contribution is -0.125. The molecule has 3 rings (SSSR count). The Labute approximate surface area is 186 Å². The number of aryl methyl sites for hydroxylation is 1. The van der Waals surface area contributed by atoms with Crippen molar-refractivity contribution in [3.8, 4) is 5.75 Å². The summed E-state index contributed by atoms with van der Waals surface area (Å²) in [4.78, 5) is 24.3. The van der Waals surface area contributed by atoms with E-state index in [0.717, 1.165) is 26.7 Å². The van der Waals surface area contributed by atoms with Crippen LogP contribution < -0.4 is 4.74 Å². The van der Waals surface area contributed by atoms with E-state index in [1.54, 1.807) is 18.7 Å². The van der Waals surface area contributed by atoms with E-state index >= 15 is 0 Å². The first kappa shape index (κ1) is 22.1. The minimum Gasteiger partial charge on any atom is -0.489 e. The third-order valence-corrected chi connectivity index (χ3v) is 6.12. The van der Waals surface area contributed by atoms with Gasteiger partial charge in [0.15, 0.2) is 0 Å². The van der Waals surface area contributed by atoms with Crippen LogP contribution in [-0.2, 0) is 22.6 Å². The lowest BCUT2D eigenvalue weighted by Crippen LogP contribution is -2.20. The maximum absolute atomic E-state index is 11.1. The van der Waals surface area contributed by atoms with Gasteiger partial charge in [-0.3, -0.25) is 0 Å². The van der Waals surface area contributed by atoms with Crippen LogP contribution in [0.5, 0.6) is 5.75 Å². The Morgan fingerprint density at radius 3 is 2.37 bits per heavy atom. The smallest absolute Gasteiger partial charge is 0.132 e. The highest BCUT2D eigenvalue weighted by Crippen LogP contribution is 2.33. The second-order valence-electron chi connectivity index (χ2n) is 7.35. The number of ether oxygens (including phenoxy) is 1. The highest BCUT2D eigenvalue weighted by atomic mass is 35.5. The van der Waals surface area contributed by atoms with Gasteiger partial charge in [0, 0.05) is 14.8 Å². The molecule has 0 atom stereocenters. The van der Waals surface area contributed by atoms with E-state index in [4.69, 9.17) is 16.3 Å². The van der Waals surface area contributed by atoms with Crippen LogP contribution in [0.25, 0.3) is 0 Å². The summed E-state index contributed by atoms with van der Waals surface area (Å²) >= 11 is 8.05. The summed E-state index contributed by atoms with van der Waals surface area (Å²) in [5, 5.41) is 0.635. The van der Waals surface area contributed by atoms with Crippen molar-refractivity contribution < 1.29 is 14.3 Å². The standard InChI is InChI=1S/C25H23ClO3S/c1-25(17-27,18-28)13-12-20-10-11-23(15-24(20)26)30-22-9-5-8-21(14-22)29-16-19-6-3-2-4-7-19/h2-11,14-15,17-18H,12-13,16H2,1H3. The Bertz CT molecular complexity index is 996. The van der Waals surface area contributed by atoms with Gasteiger partial charge in [-0.15, -0.1) is 0 Å². The number of benzene rings is 3. The van der Waals surface area contributed by atoms with Crippen molar-refractivity contribution >= 4 is 35.9 Å². The third-order valence-electron chi connectivity index (χ3n) is 4.79. The predicted molar refractivity (Wildman–Crippen MR) is 121 cm³/mol. The molecule has 0 spiro atoms. The summed E-state index contributed by atoms with van der Waals surface area (Å²) in [6, 6.07) is 23.9. The van der Waals surface area contributed by atoms with Gasteiger partial charge in [0.1, 0.15) is 24.9 Å². The van der Waals surface area contributed by atoms with E-state index in [9.17, 15) is 9.59 Å². The molecule has 0 N–H and O–H groups in total. The number of carbonyl (C=O) groups is 2. The zero-order chi connectivity index (χ0) is 21.4. The first-order chi connectivity index (χ1) is 14.5. The van der Waals surface area contributed by atoms with Gasteiger partial charge in [0.2, 0.25) is 0 Å². The van der Waals surface area contributed by atoms with Gasteiger partial charge in [-0.1, -0.05) is 65.8 Å². The monoisotopic (exact) mass is 438 g/mol. The quantitative estimate of drug-likeness (QED) is 0.271. The van der Waals surface area contributed by atoms with Crippen LogP contribution in [0.1, 0.15) is 24.5 Å². The molecule has 0 aromatic heterocycles. The molecule has 0 heterocycles. The molecule has 0 unspecified atom stereocenters. The molecule has 154 valence electrons. The van der Waals surface area contributed by atoms with Crippen molar-refractivity contribution in [2.24, 2.45) is 5.41 Å². The van der Waals surface area contributed by atoms with E-state index in [1.807, 2.05) is 72.8 Å². The molecule has 0 saturated carbocycles. The molecular formula is C25H23ClO3S. The molecule has 0 saturated heterocycles. The average Bonchev–Trinajstić information content (AvgIpc) is 2.78. The summed E-state index contributed by atoms with van der Waals surface area (Å²) in [6.07, 6.45) is 2.41. The SMILES string of the molecule is CC(C=O)(C=O)CCc1ccc(Sc2cccc(OCc3ccccc3)c2)cc1Cl. The van der Waals surface area contributed by atoms with Crippen molar-refractivity contribution in [2.75, 3.05) is 0 Å². The van der Waals surface area contributed by atoms with Crippen LogP contribution in [0.3, 0.4) is 0 Å². The van der Waals surface area contributed by atoms with Gasteiger partial charge >= 0.3 is 0 Å². The van der Waals surface area contributed by atoms with Gasteiger partial charge in [-0.25, -0.2) is 0 Å². The van der Waals surface area contributed by atoms with Gasteiger partial charge in [-0.05, 0) is 61.2 Å². The Morgan fingerprint density at radius 2 is 1.67 bits per heavy atom. The van der Waals surface area contributed by atoms with Crippen molar-refractivity contribution in [3.63, 3.8) is 0 Å². The zero-order valence-corrected chi connectivity index (χ0v) is 18.3. The molecule has 0 aliphatic heterocycles. The molecule has 0 amide bonds. The summed E-state index contributed by atoms with van der Waals surface area (Å²) in [5.74, 6) is 0.814. The minimum atomic E-state index is -0.961. The second kappa shape index (κ2) is 10.5. The van der Waals surface area contributed by atoms with Gasteiger partial charge < -0.3 is 14.3 Å². The fourth-order valence-electron chi connectivity index (χ4n) is 2.85. The first-order valence-electron chi connectivity index (χ1n) is 9.67. The maximum atomic E-state index is 11.1. The third kappa shape index (κ3) is 6.22. The molecule has 0 bridgehead atoms. The van der Waals surface area contributed by atoms with Gasteiger partial charge in [-0.2, -0.15) is 0 Å². The highest BCUT2D eigenvalue weighted by Gasteiger charge is 2.22. The topological polar surface area (TPSA) is 43.4 Å². The fraction of sp³-hybridized carbons (Fsp3) is 0.200. The Hall–Kier alpha value is -2.56. The largest absolute Gasteiger partial charge is 0.489 e. The Balaban J connectivity index is 1.63. The number of hydrogen-bond acceptors (Lipinski definition) is 4. The van der Waals surface area contributed by atoms with Crippen molar-refractivity contribution in [1.29, 1.82) is 0 Å². The molecule has 3 nitrogen and oxygen atoms in total. The normalized spacial score (nSPS) is 11.1. The number of aldehydes is 2. The fourth-order valence-corrected chi connectivity index (χ4v) is 4.09. The lowest BCUT2D eigenvalue weighted by atomic mass is 9.87. The maximum Gasteiger partial charge on any atom is 0.132 e. The predicted octanol–water partition coefficient (Wildman–Crippen LogP) is 6.41. The van der Waals surface area contributed by atoms with Crippen molar-refractivity contribution in [1.82, 2.24) is 0 Å². The number of carbonyl (C=O) groups excluding carboxylic acids is 2. The van der Waals surface area contributed by atoms with Crippen LogP contribution in [0.4, 0.5) is 0 Å². The Morgan fingerprint density at radius 1 is 0.933 bits per heavy atom. The van der Waals surface area contributed by atoms with E-state index < -0.39 is 5.41 Å². The van der Waals surface area contributed by atoms with Crippen molar-refractivity contribution in [3.05, 3.63) is 88.9 Å². The molecule has 3 aromatic carbocycles. The summed E-state index contributed by atoms with van der Waals surface area (Å²) in [5.41, 5.74) is 1.09. The summed E-state index contributed by atoms with van der Waals surface area (Å²) < 4.78 is 5.90. The van der Waals surface area contributed by atoms with Crippen LogP contribution >= 0.6 is 23.4 Å².